The van der Waals surface area contributed by atoms with Crippen LogP contribution in [-0.2, 0) is 14.3 Å². The summed E-state index contributed by atoms with van der Waals surface area (Å²) in [6.07, 6.45) is 1.41. The van der Waals surface area contributed by atoms with Crippen molar-refractivity contribution in [3.05, 3.63) is 0 Å². The normalized spacial score (nSPS) is 14.2. The second-order valence-electron chi connectivity index (χ2n) is 5.03. The van der Waals surface area contributed by atoms with Crippen molar-refractivity contribution in [2.45, 2.75) is 53.5 Å². The summed E-state index contributed by atoms with van der Waals surface area (Å²) in [5.74, 6) is 0.195. The first-order chi connectivity index (χ1) is 7.86. The van der Waals surface area contributed by atoms with Crippen molar-refractivity contribution in [3.8, 4) is 0 Å². The SMILES string of the molecule is CCC(C)CC(=O)N[C@@H](C)C(=O)OCC(C)C. The summed E-state index contributed by atoms with van der Waals surface area (Å²) in [6, 6.07) is -0.565. The van der Waals surface area contributed by atoms with Crippen LogP contribution >= 0.6 is 0 Å². The highest BCUT2D eigenvalue weighted by Crippen LogP contribution is 2.06. The molecule has 4 heteroatoms. The smallest absolute Gasteiger partial charge is 0.328 e. The maximum absolute atomic E-state index is 11.5. The summed E-state index contributed by atoms with van der Waals surface area (Å²) < 4.78 is 5.04. The monoisotopic (exact) mass is 243 g/mol. The second kappa shape index (κ2) is 8.09. The van der Waals surface area contributed by atoms with Crippen LogP contribution in [0.25, 0.3) is 0 Å². The molecule has 0 aliphatic carbocycles. The molecule has 17 heavy (non-hydrogen) atoms. The third kappa shape index (κ3) is 7.77. The maximum atomic E-state index is 11.5. The molecule has 0 saturated heterocycles. The highest BCUT2D eigenvalue weighted by atomic mass is 16.5. The minimum atomic E-state index is -0.565. The Morgan fingerprint density at radius 2 is 1.76 bits per heavy atom. The van der Waals surface area contributed by atoms with E-state index in [-0.39, 0.29) is 11.9 Å². The Kier molecular flexibility index (Phi) is 7.59. The van der Waals surface area contributed by atoms with Gasteiger partial charge in [0.25, 0.3) is 0 Å². The maximum Gasteiger partial charge on any atom is 0.328 e. The average Bonchev–Trinajstić information content (AvgIpc) is 2.25. The molecule has 0 aromatic carbocycles. The molecular formula is C13H25NO3. The third-order valence-corrected chi connectivity index (χ3v) is 2.52. The van der Waals surface area contributed by atoms with Crippen molar-refractivity contribution in [2.75, 3.05) is 6.61 Å². The first kappa shape index (κ1) is 15.9. The molecule has 0 radical (unpaired) electrons. The third-order valence-electron chi connectivity index (χ3n) is 2.52. The summed E-state index contributed by atoms with van der Waals surface area (Å²) in [7, 11) is 0. The molecule has 100 valence electrons. The molecule has 0 aliphatic heterocycles. The average molecular weight is 243 g/mol. The highest BCUT2D eigenvalue weighted by Gasteiger charge is 2.18. The number of ether oxygens (including phenoxy) is 1. The van der Waals surface area contributed by atoms with E-state index in [0.29, 0.717) is 24.9 Å². The summed E-state index contributed by atoms with van der Waals surface area (Å²) >= 11 is 0. The van der Waals surface area contributed by atoms with Gasteiger partial charge in [0.15, 0.2) is 0 Å². The molecule has 0 rings (SSSR count). The van der Waals surface area contributed by atoms with Gasteiger partial charge in [-0.25, -0.2) is 4.79 Å². The molecule has 0 aromatic rings. The second-order valence-corrected chi connectivity index (χ2v) is 5.03. The number of carbonyl (C=O) groups excluding carboxylic acids is 2. The molecule has 0 bridgehead atoms. The Labute approximate surface area is 104 Å². The molecule has 0 spiro atoms. The lowest BCUT2D eigenvalue weighted by Crippen LogP contribution is -2.40. The molecule has 1 N–H and O–H groups in total. The fourth-order valence-electron chi connectivity index (χ4n) is 1.19. The summed E-state index contributed by atoms with van der Waals surface area (Å²) in [4.78, 5) is 23.0. The van der Waals surface area contributed by atoms with Crippen LogP contribution in [0.15, 0.2) is 0 Å². The standard InChI is InChI=1S/C13H25NO3/c1-6-10(4)7-12(15)14-11(5)13(16)17-8-9(2)3/h9-11H,6-8H2,1-5H3,(H,14,15)/t10?,11-/m0/s1. The molecule has 0 aromatic heterocycles. The van der Waals surface area contributed by atoms with Crippen molar-refractivity contribution in [2.24, 2.45) is 11.8 Å². The first-order valence-corrected chi connectivity index (χ1v) is 6.32. The largest absolute Gasteiger partial charge is 0.464 e. The first-order valence-electron chi connectivity index (χ1n) is 6.32. The number of hydrogen-bond donors (Lipinski definition) is 1. The minimum Gasteiger partial charge on any atom is -0.464 e. The van der Waals surface area contributed by atoms with E-state index in [2.05, 4.69) is 5.32 Å². The Morgan fingerprint density at radius 3 is 2.24 bits per heavy atom. The lowest BCUT2D eigenvalue weighted by atomic mass is 10.0. The van der Waals surface area contributed by atoms with Gasteiger partial charge in [-0.05, 0) is 18.8 Å². The van der Waals surface area contributed by atoms with Crippen LogP contribution in [0.5, 0.6) is 0 Å². The molecule has 1 unspecified atom stereocenters. The molecule has 0 fully saturated rings. The Bertz CT molecular complexity index is 251. The van der Waals surface area contributed by atoms with Crippen LogP contribution in [0, 0.1) is 11.8 Å². The van der Waals surface area contributed by atoms with Crippen LogP contribution in [0.3, 0.4) is 0 Å². The van der Waals surface area contributed by atoms with Crippen LogP contribution < -0.4 is 5.32 Å². The quantitative estimate of drug-likeness (QED) is 0.697. The van der Waals surface area contributed by atoms with Gasteiger partial charge in [0.05, 0.1) is 6.61 Å². The number of hydrogen-bond acceptors (Lipinski definition) is 3. The van der Waals surface area contributed by atoms with E-state index in [1.54, 1.807) is 6.92 Å². The van der Waals surface area contributed by atoms with Gasteiger partial charge in [-0.2, -0.15) is 0 Å². The van der Waals surface area contributed by atoms with E-state index >= 15 is 0 Å². The number of carbonyl (C=O) groups is 2. The fraction of sp³-hybridized carbons (Fsp3) is 0.846. The number of nitrogens with one attached hydrogen (secondary N) is 1. The Morgan fingerprint density at radius 1 is 1.18 bits per heavy atom. The van der Waals surface area contributed by atoms with E-state index in [1.807, 2.05) is 27.7 Å². The summed E-state index contributed by atoms with van der Waals surface area (Å²) in [5.41, 5.74) is 0. The molecule has 0 aliphatic rings. The van der Waals surface area contributed by atoms with Gasteiger partial charge in [-0.1, -0.05) is 34.1 Å². The minimum absolute atomic E-state index is 0.0895. The van der Waals surface area contributed by atoms with E-state index in [4.69, 9.17) is 4.74 Å². The van der Waals surface area contributed by atoms with Gasteiger partial charge < -0.3 is 10.1 Å². The molecular weight excluding hydrogens is 218 g/mol. The van der Waals surface area contributed by atoms with Crippen molar-refractivity contribution in [1.29, 1.82) is 0 Å². The van der Waals surface area contributed by atoms with Crippen LogP contribution in [0.4, 0.5) is 0 Å². The van der Waals surface area contributed by atoms with Crippen molar-refractivity contribution < 1.29 is 14.3 Å². The van der Waals surface area contributed by atoms with Crippen LogP contribution in [0.2, 0.25) is 0 Å². The van der Waals surface area contributed by atoms with Crippen molar-refractivity contribution in [3.63, 3.8) is 0 Å². The molecule has 0 heterocycles. The summed E-state index contributed by atoms with van der Waals surface area (Å²) in [6.45, 7) is 10.0. The van der Waals surface area contributed by atoms with Gasteiger partial charge in [-0.3, -0.25) is 4.79 Å². The molecule has 4 nitrogen and oxygen atoms in total. The van der Waals surface area contributed by atoms with Crippen molar-refractivity contribution in [1.82, 2.24) is 5.32 Å². The van der Waals surface area contributed by atoms with Gasteiger partial charge in [0.1, 0.15) is 6.04 Å². The predicted molar refractivity (Wildman–Crippen MR) is 67.5 cm³/mol. The number of esters is 1. The van der Waals surface area contributed by atoms with E-state index in [9.17, 15) is 9.59 Å². The zero-order valence-corrected chi connectivity index (χ0v) is 11.6. The molecule has 2 atom stereocenters. The van der Waals surface area contributed by atoms with Gasteiger partial charge in [0, 0.05) is 6.42 Å². The fourth-order valence-corrected chi connectivity index (χ4v) is 1.19. The topological polar surface area (TPSA) is 55.4 Å². The Balaban J connectivity index is 3.94. The van der Waals surface area contributed by atoms with Gasteiger partial charge >= 0.3 is 5.97 Å². The van der Waals surface area contributed by atoms with Crippen LogP contribution in [-0.4, -0.2) is 24.5 Å². The predicted octanol–water partition coefficient (Wildman–Crippen LogP) is 2.13. The zero-order valence-electron chi connectivity index (χ0n) is 11.6. The van der Waals surface area contributed by atoms with E-state index in [1.165, 1.54) is 0 Å². The zero-order chi connectivity index (χ0) is 13.4. The number of amides is 1. The van der Waals surface area contributed by atoms with Gasteiger partial charge in [-0.15, -0.1) is 0 Å². The van der Waals surface area contributed by atoms with Crippen LogP contribution in [0.1, 0.15) is 47.5 Å². The molecule has 0 saturated carbocycles. The van der Waals surface area contributed by atoms with Gasteiger partial charge in [0.2, 0.25) is 5.91 Å². The van der Waals surface area contributed by atoms with E-state index in [0.717, 1.165) is 6.42 Å². The lowest BCUT2D eigenvalue weighted by molar-refractivity contribution is -0.148. The van der Waals surface area contributed by atoms with Crippen molar-refractivity contribution >= 4 is 11.9 Å². The highest BCUT2D eigenvalue weighted by molar-refractivity contribution is 5.84. The lowest BCUT2D eigenvalue weighted by Gasteiger charge is -2.15. The molecule has 1 amide bonds. The summed E-state index contributed by atoms with van der Waals surface area (Å²) in [5, 5.41) is 2.66. The Hall–Kier alpha value is -1.06. The number of rotatable bonds is 7. The van der Waals surface area contributed by atoms with E-state index < -0.39 is 6.04 Å².